The fourth-order valence-corrected chi connectivity index (χ4v) is 0.988. The summed E-state index contributed by atoms with van der Waals surface area (Å²) in [5, 5.41) is 11.6. The van der Waals surface area contributed by atoms with Crippen molar-refractivity contribution in [2.75, 3.05) is 0 Å². The molecule has 98 valence electrons. The Balaban J connectivity index is 2.43. The summed E-state index contributed by atoms with van der Waals surface area (Å²) in [7, 11) is 0. The average Bonchev–Trinajstić information content (AvgIpc) is 2.65. The first-order valence-corrected chi connectivity index (χ1v) is 5.16. The number of alkyl carbamates (subject to hydrolysis) is 1. The molecular formula is C10H15N5O3. The van der Waals surface area contributed by atoms with E-state index in [4.69, 9.17) is 10.1 Å². The predicted octanol–water partition coefficient (Wildman–Crippen LogP) is 0.900. The summed E-state index contributed by atoms with van der Waals surface area (Å²) >= 11 is 0. The molecule has 18 heavy (non-hydrogen) atoms. The Kier molecular flexibility index (Phi) is 4.03. The summed E-state index contributed by atoms with van der Waals surface area (Å²) in [6, 6.07) is -0.603. The van der Waals surface area contributed by atoms with Crippen molar-refractivity contribution in [3.63, 3.8) is 0 Å². The van der Waals surface area contributed by atoms with Gasteiger partial charge in [-0.05, 0) is 20.8 Å². The topological polar surface area (TPSA) is 109 Å². The molecule has 1 heterocycles. The van der Waals surface area contributed by atoms with E-state index in [0.717, 1.165) is 4.57 Å². The second kappa shape index (κ2) is 5.30. The van der Waals surface area contributed by atoms with Gasteiger partial charge in [-0.2, -0.15) is 0 Å². The minimum absolute atomic E-state index is 0.469. The highest BCUT2D eigenvalue weighted by Crippen LogP contribution is 2.06. The van der Waals surface area contributed by atoms with Crippen molar-refractivity contribution in [2.24, 2.45) is 0 Å². The van der Waals surface area contributed by atoms with Crippen molar-refractivity contribution in [3.8, 4) is 0 Å². The lowest BCUT2D eigenvalue weighted by molar-refractivity contribution is 0.0561. The van der Waals surface area contributed by atoms with E-state index in [9.17, 15) is 9.59 Å². The van der Waals surface area contributed by atoms with Gasteiger partial charge in [0.05, 0.1) is 0 Å². The number of hydrogen-bond acceptors (Lipinski definition) is 5. The molecule has 3 N–H and O–H groups in total. The van der Waals surface area contributed by atoms with Crippen LogP contribution in [-0.2, 0) is 4.74 Å². The first-order valence-electron chi connectivity index (χ1n) is 5.16. The van der Waals surface area contributed by atoms with Gasteiger partial charge in [0, 0.05) is 12.4 Å². The van der Waals surface area contributed by atoms with Gasteiger partial charge in [-0.15, -0.1) is 0 Å². The summed E-state index contributed by atoms with van der Waals surface area (Å²) in [6.07, 6.45) is 3.30. The van der Waals surface area contributed by atoms with Crippen LogP contribution in [0.5, 0.6) is 0 Å². The second-order valence-electron chi connectivity index (χ2n) is 4.40. The van der Waals surface area contributed by atoms with Crippen molar-refractivity contribution >= 4 is 18.1 Å². The highest BCUT2D eigenvalue weighted by Gasteiger charge is 2.17. The number of imidazole rings is 1. The molecule has 0 saturated carbocycles. The van der Waals surface area contributed by atoms with E-state index in [1.165, 1.54) is 18.7 Å². The lowest BCUT2D eigenvalue weighted by Gasteiger charge is -2.19. The Hall–Kier alpha value is -2.38. The second-order valence-corrected chi connectivity index (χ2v) is 4.40. The van der Waals surface area contributed by atoms with Gasteiger partial charge in [-0.25, -0.2) is 14.6 Å². The molecule has 1 rings (SSSR count). The summed E-state index contributed by atoms with van der Waals surface area (Å²) < 4.78 is 6.05. The van der Waals surface area contributed by atoms with Gasteiger partial charge in [0.15, 0.2) is 0 Å². The number of aromatic nitrogens is 2. The maximum Gasteiger partial charge on any atom is 0.414 e. The van der Waals surface area contributed by atoms with Gasteiger partial charge < -0.3 is 4.74 Å². The Labute approximate surface area is 104 Å². The SMILES string of the molecule is CC(C)(C)OC(=O)NC(=N)NC(=O)n1ccnc1. The van der Waals surface area contributed by atoms with Gasteiger partial charge >= 0.3 is 12.1 Å². The van der Waals surface area contributed by atoms with Crippen molar-refractivity contribution in [3.05, 3.63) is 18.7 Å². The molecule has 0 radical (unpaired) electrons. The number of carbonyl (C=O) groups is 2. The Morgan fingerprint density at radius 3 is 2.50 bits per heavy atom. The molecule has 0 saturated heterocycles. The quantitative estimate of drug-likeness (QED) is 0.471. The monoisotopic (exact) mass is 253 g/mol. The van der Waals surface area contributed by atoms with E-state index >= 15 is 0 Å². The third-order valence-electron chi connectivity index (χ3n) is 1.60. The van der Waals surface area contributed by atoms with Crippen LogP contribution in [0.1, 0.15) is 20.8 Å². The third-order valence-corrected chi connectivity index (χ3v) is 1.60. The molecule has 0 unspecified atom stereocenters. The molecule has 0 aliphatic carbocycles. The lowest BCUT2D eigenvalue weighted by atomic mass is 10.2. The first kappa shape index (κ1) is 13.7. The zero-order chi connectivity index (χ0) is 13.8. The molecule has 8 nitrogen and oxygen atoms in total. The predicted molar refractivity (Wildman–Crippen MR) is 63.3 cm³/mol. The molecule has 1 aromatic heterocycles. The number of amides is 2. The number of carbonyl (C=O) groups excluding carboxylic acids is 2. The minimum atomic E-state index is -0.807. The van der Waals surface area contributed by atoms with Crippen LogP contribution in [0.25, 0.3) is 0 Å². The standard InChI is InChI=1S/C10H15N5O3/c1-10(2,3)18-9(17)14-7(11)13-8(16)15-5-4-12-6-15/h4-6H,1-3H3,(H3,11,13,14,16,17). The maximum absolute atomic E-state index is 11.5. The van der Waals surface area contributed by atoms with Crippen LogP contribution >= 0.6 is 0 Å². The normalized spacial score (nSPS) is 10.6. The lowest BCUT2D eigenvalue weighted by Crippen LogP contribution is -2.46. The number of nitrogens with one attached hydrogen (secondary N) is 3. The van der Waals surface area contributed by atoms with Crippen LogP contribution in [0.4, 0.5) is 9.59 Å². The fraction of sp³-hybridized carbons (Fsp3) is 0.400. The molecule has 0 aliphatic rings. The van der Waals surface area contributed by atoms with Crippen molar-refractivity contribution in [2.45, 2.75) is 26.4 Å². The number of ether oxygens (including phenoxy) is 1. The molecule has 8 heteroatoms. The number of hydrogen-bond donors (Lipinski definition) is 3. The largest absolute Gasteiger partial charge is 0.444 e. The van der Waals surface area contributed by atoms with E-state index < -0.39 is 23.7 Å². The van der Waals surface area contributed by atoms with Crippen LogP contribution in [0.2, 0.25) is 0 Å². The molecule has 0 bridgehead atoms. The highest BCUT2D eigenvalue weighted by molar-refractivity contribution is 6.01. The first-order chi connectivity index (χ1) is 8.28. The summed E-state index contributed by atoms with van der Waals surface area (Å²) in [4.78, 5) is 26.4. The summed E-state index contributed by atoms with van der Waals surface area (Å²) in [5.41, 5.74) is -0.668. The van der Waals surface area contributed by atoms with Crippen LogP contribution in [0.3, 0.4) is 0 Å². The number of guanidine groups is 1. The zero-order valence-corrected chi connectivity index (χ0v) is 10.4. The summed E-state index contributed by atoms with van der Waals surface area (Å²) in [5.74, 6) is -0.469. The number of nitrogens with zero attached hydrogens (tertiary/aromatic N) is 2. The third kappa shape index (κ3) is 4.64. The van der Waals surface area contributed by atoms with Crippen LogP contribution in [0, 0.1) is 5.41 Å². The van der Waals surface area contributed by atoms with E-state index in [1.54, 1.807) is 20.8 Å². The number of rotatable bonds is 0. The molecule has 0 atom stereocenters. The Morgan fingerprint density at radius 1 is 1.33 bits per heavy atom. The van der Waals surface area contributed by atoms with E-state index in [2.05, 4.69) is 15.6 Å². The molecule has 0 fully saturated rings. The Morgan fingerprint density at radius 2 is 2.00 bits per heavy atom. The maximum atomic E-state index is 11.5. The van der Waals surface area contributed by atoms with E-state index in [0.29, 0.717) is 0 Å². The molecule has 2 amide bonds. The van der Waals surface area contributed by atoms with Crippen LogP contribution in [0.15, 0.2) is 18.7 Å². The van der Waals surface area contributed by atoms with E-state index in [-0.39, 0.29) is 0 Å². The molecule has 0 aromatic carbocycles. The smallest absolute Gasteiger partial charge is 0.414 e. The van der Waals surface area contributed by atoms with Crippen LogP contribution in [-0.4, -0.2) is 33.2 Å². The van der Waals surface area contributed by atoms with Crippen molar-refractivity contribution in [1.29, 1.82) is 5.41 Å². The van der Waals surface area contributed by atoms with Gasteiger partial charge in [-0.3, -0.25) is 20.6 Å². The Bertz CT molecular complexity index is 447. The van der Waals surface area contributed by atoms with Gasteiger partial charge in [0.25, 0.3) is 0 Å². The van der Waals surface area contributed by atoms with Crippen molar-refractivity contribution in [1.82, 2.24) is 20.2 Å². The average molecular weight is 253 g/mol. The molecular weight excluding hydrogens is 238 g/mol. The van der Waals surface area contributed by atoms with Gasteiger partial charge in [0.2, 0.25) is 5.96 Å². The van der Waals surface area contributed by atoms with Gasteiger partial charge in [-0.1, -0.05) is 0 Å². The van der Waals surface area contributed by atoms with Crippen LogP contribution < -0.4 is 10.6 Å². The molecule has 0 spiro atoms. The van der Waals surface area contributed by atoms with E-state index in [1.807, 2.05) is 0 Å². The van der Waals surface area contributed by atoms with Crippen molar-refractivity contribution < 1.29 is 14.3 Å². The molecule has 1 aromatic rings. The summed E-state index contributed by atoms with van der Waals surface area (Å²) in [6.45, 7) is 5.08. The molecule has 0 aliphatic heterocycles. The fourth-order valence-electron chi connectivity index (χ4n) is 0.988. The van der Waals surface area contributed by atoms with Gasteiger partial charge in [0.1, 0.15) is 11.9 Å². The highest BCUT2D eigenvalue weighted by atomic mass is 16.6. The minimum Gasteiger partial charge on any atom is -0.444 e. The zero-order valence-electron chi connectivity index (χ0n) is 10.4.